The summed E-state index contributed by atoms with van der Waals surface area (Å²) in [5, 5.41) is 8.92. The molecule has 0 saturated carbocycles. The van der Waals surface area contributed by atoms with Crippen molar-refractivity contribution in [3.63, 3.8) is 0 Å². The van der Waals surface area contributed by atoms with Gasteiger partial charge in [-0.05, 0) is 63.0 Å². The van der Waals surface area contributed by atoms with Crippen LogP contribution < -0.4 is 0 Å². The summed E-state index contributed by atoms with van der Waals surface area (Å²) in [4.78, 5) is 9.91. The van der Waals surface area contributed by atoms with E-state index in [2.05, 4.69) is 31.9 Å². The Morgan fingerprint density at radius 2 is 1.76 bits per heavy atom. The van der Waals surface area contributed by atoms with E-state index in [9.17, 15) is 4.79 Å². The van der Waals surface area contributed by atoms with Crippen LogP contribution in [0, 0.1) is 0 Å². The zero-order valence-electron chi connectivity index (χ0n) is 8.89. The fourth-order valence-electron chi connectivity index (χ4n) is 0.944. The van der Waals surface area contributed by atoms with Crippen LogP contribution in [0.2, 0.25) is 0 Å². The molecule has 0 aromatic carbocycles. The topological polar surface area (TPSA) is 63.6 Å². The van der Waals surface area contributed by atoms with Crippen molar-refractivity contribution in [1.82, 2.24) is 0 Å². The second-order valence-corrected chi connectivity index (χ2v) is 4.64. The molecule has 2 rings (SSSR count). The van der Waals surface area contributed by atoms with Crippen molar-refractivity contribution in [1.29, 1.82) is 0 Å². The highest BCUT2D eigenvalue weighted by Gasteiger charge is 2.03. The summed E-state index contributed by atoms with van der Waals surface area (Å²) >= 11 is 6.17. The molecule has 17 heavy (non-hydrogen) atoms. The SMILES string of the molecule is CC(O)c1ccc(Br)o1.O=Cc1ccc(Br)o1. The fraction of sp³-hybridized carbons (Fsp3) is 0.182. The fourth-order valence-corrected chi connectivity index (χ4v) is 1.58. The Labute approximate surface area is 115 Å². The Bertz CT molecular complexity index is 473. The highest BCUT2D eigenvalue weighted by molar-refractivity contribution is 9.10. The van der Waals surface area contributed by atoms with Crippen LogP contribution in [0.1, 0.15) is 29.3 Å². The molecule has 0 fully saturated rings. The Morgan fingerprint density at radius 1 is 1.18 bits per heavy atom. The molecule has 0 saturated heterocycles. The molecule has 0 radical (unpaired) electrons. The van der Waals surface area contributed by atoms with Gasteiger partial charge in [0.2, 0.25) is 0 Å². The maximum atomic E-state index is 9.91. The third-order valence-electron chi connectivity index (χ3n) is 1.72. The van der Waals surface area contributed by atoms with E-state index >= 15 is 0 Å². The number of aldehydes is 1. The lowest BCUT2D eigenvalue weighted by molar-refractivity contribution is 0.109. The minimum atomic E-state index is -0.517. The molecule has 0 spiro atoms. The lowest BCUT2D eigenvalue weighted by Gasteiger charge is -1.95. The van der Waals surface area contributed by atoms with Gasteiger partial charge < -0.3 is 13.9 Å². The van der Waals surface area contributed by atoms with Gasteiger partial charge in [-0.2, -0.15) is 0 Å². The zero-order chi connectivity index (χ0) is 12.8. The first-order valence-corrected chi connectivity index (χ1v) is 6.25. The Morgan fingerprint density at radius 3 is 2.00 bits per heavy atom. The van der Waals surface area contributed by atoms with Gasteiger partial charge in [0.1, 0.15) is 11.9 Å². The Balaban J connectivity index is 0.000000171. The lowest BCUT2D eigenvalue weighted by Crippen LogP contribution is -1.84. The number of carbonyl (C=O) groups is 1. The predicted molar refractivity (Wildman–Crippen MR) is 68.8 cm³/mol. The maximum Gasteiger partial charge on any atom is 0.185 e. The van der Waals surface area contributed by atoms with Crippen molar-refractivity contribution in [3.05, 3.63) is 45.1 Å². The standard InChI is InChI=1S/C6H7BrO2.C5H3BrO2/c1-4(8)5-2-3-6(7)9-5;6-5-2-1-4(3-7)8-5/h2-4,8H,1H3;1-3H. The summed E-state index contributed by atoms with van der Waals surface area (Å²) in [5.74, 6) is 0.929. The maximum absolute atomic E-state index is 9.91. The molecular formula is C11H10Br2O4. The van der Waals surface area contributed by atoms with E-state index in [0.717, 1.165) is 0 Å². The summed E-state index contributed by atoms with van der Waals surface area (Å²) in [6, 6.07) is 6.75. The van der Waals surface area contributed by atoms with E-state index < -0.39 is 6.10 Å². The van der Waals surface area contributed by atoms with Gasteiger partial charge in [0, 0.05) is 0 Å². The average molecular weight is 366 g/mol. The first-order chi connectivity index (χ1) is 8.02. The normalized spacial score (nSPS) is 11.5. The summed E-state index contributed by atoms with van der Waals surface area (Å²) in [7, 11) is 0. The molecule has 1 atom stereocenters. The largest absolute Gasteiger partial charge is 0.452 e. The van der Waals surface area contributed by atoms with Gasteiger partial charge in [-0.1, -0.05) is 0 Å². The van der Waals surface area contributed by atoms with Gasteiger partial charge in [-0.25, -0.2) is 0 Å². The number of halogens is 2. The first-order valence-electron chi connectivity index (χ1n) is 4.66. The van der Waals surface area contributed by atoms with Crippen molar-refractivity contribution in [2.24, 2.45) is 0 Å². The number of furan rings is 2. The van der Waals surface area contributed by atoms with Crippen LogP contribution in [-0.2, 0) is 0 Å². The molecule has 0 aliphatic heterocycles. The molecule has 2 heterocycles. The predicted octanol–water partition coefficient (Wildman–Crippen LogP) is 3.95. The molecule has 0 aliphatic carbocycles. The van der Waals surface area contributed by atoms with Gasteiger partial charge >= 0.3 is 0 Å². The van der Waals surface area contributed by atoms with E-state index in [-0.39, 0.29) is 0 Å². The Kier molecular flexibility index (Phi) is 5.67. The van der Waals surface area contributed by atoms with Crippen molar-refractivity contribution >= 4 is 38.1 Å². The van der Waals surface area contributed by atoms with Gasteiger partial charge in [0.25, 0.3) is 0 Å². The second kappa shape index (κ2) is 6.78. The van der Waals surface area contributed by atoms with Gasteiger partial charge in [0.15, 0.2) is 21.4 Å². The zero-order valence-corrected chi connectivity index (χ0v) is 12.1. The highest BCUT2D eigenvalue weighted by Crippen LogP contribution is 2.19. The van der Waals surface area contributed by atoms with E-state index in [1.807, 2.05) is 0 Å². The van der Waals surface area contributed by atoms with Gasteiger partial charge in [-0.15, -0.1) is 0 Å². The second-order valence-electron chi connectivity index (χ2n) is 3.08. The van der Waals surface area contributed by atoms with Crippen molar-refractivity contribution in [3.8, 4) is 0 Å². The van der Waals surface area contributed by atoms with Crippen LogP contribution in [0.5, 0.6) is 0 Å². The van der Waals surface area contributed by atoms with E-state index in [4.69, 9.17) is 13.9 Å². The lowest BCUT2D eigenvalue weighted by atomic mass is 10.3. The van der Waals surface area contributed by atoms with Crippen molar-refractivity contribution in [2.75, 3.05) is 0 Å². The van der Waals surface area contributed by atoms with Crippen LogP contribution in [0.3, 0.4) is 0 Å². The Hall–Kier alpha value is -0.850. The van der Waals surface area contributed by atoms with E-state index in [1.165, 1.54) is 0 Å². The van der Waals surface area contributed by atoms with Crippen LogP contribution >= 0.6 is 31.9 Å². The molecule has 0 aliphatic rings. The molecule has 2 aromatic rings. The number of hydrogen-bond acceptors (Lipinski definition) is 4. The molecule has 0 bridgehead atoms. The molecule has 92 valence electrons. The molecule has 0 amide bonds. The average Bonchev–Trinajstić information content (AvgIpc) is 2.88. The summed E-state index contributed by atoms with van der Waals surface area (Å²) in [6.45, 7) is 1.66. The van der Waals surface area contributed by atoms with Crippen LogP contribution in [0.25, 0.3) is 0 Å². The third-order valence-corrected chi connectivity index (χ3v) is 2.57. The summed E-state index contributed by atoms with van der Waals surface area (Å²) in [5.41, 5.74) is 0. The summed E-state index contributed by atoms with van der Waals surface area (Å²) < 4.78 is 11.0. The minimum Gasteiger partial charge on any atom is -0.452 e. The molecule has 6 heteroatoms. The minimum absolute atomic E-state index is 0.344. The monoisotopic (exact) mass is 364 g/mol. The quantitative estimate of drug-likeness (QED) is 0.818. The van der Waals surface area contributed by atoms with Crippen molar-refractivity contribution in [2.45, 2.75) is 13.0 Å². The van der Waals surface area contributed by atoms with E-state index in [0.29, 0.717) is 27.1 Å². The number of aliphatic hydroxyl groups is 1. The molecule has 1 unspecified atom stereocenters. The van der Waals surface area contributed by atoms with Crippen molar-refractivity contribution < 1.29 is 18.7 Å². The number of rotatable bonds is 2. The van der Waals surface area contributed by atoms with Crippen LogP contribution in [0.4, 0.5) is 0 Å². The van der Waals surface area contributed by atoms with Gasteiger partial charge in [0.05, 0.1) is 0 Å². The number of hydrogen-bond donors (Lipinski definition) is 1. The highest BCUT2D eigenvalue weighted by atomic mass is 79.9. The van der Waals surface area contributed by atoms with Gasteiger partial charge in [-0.3, -0.25) is 4.79 Å². The smallest absolute Gasteiger partial charge is 0.185 e. The van der Waals surface area contributed by atoms with Crippen LogP contribution in [-0.4, -0.2) is 11.4 Å². The number of aliphatic hydroxyl groups excluding tert-OH is 1. The molecule has 2 aromatic heterocycles. The van der Waals surface area contributed by atoms with E-state index in [1.54, 1.807) is 31.2 Å². The first kappa shape index (κ1) is 14.2. The molecule has 4 nitrogen and oxygen atoms in total. The van der Waals surface area contributed by atoms with Crippen LogP contribution in [0.15, 0.2) is 42.4 Å². The third kappa shape index (κ3) is 4.89. The summed E-state index contributed by atoms with van der Waals surface area (Å²) in [6.07, 6.45) is 0.140. The molecular weight excluding hydrogens is 356 g/mol. The molecule has 1 N–H and O–H groups in total. The number of carbonyl (C=O) groups excluding carboxylic acids is 1.